The summed E-state index contributed by atoms with van der Waals surface area (Å²) in [6, 6.07) is 35.8. The van der Waals surface area contributed by atoms with Crippen LogP contribution in [0.4, 0.5) is 22.7 Å². The molecule has 1 aliphatic rings. The molecule has 39 heavy (non-hydrogen) atoms. The number of benzene rings is 4. The lowest BCUT2D eigenvalue weighted by molar-refractivity contribution is 0.592. The minimum absolute atomic E-state index is 0.141. The third-order valence-corrected chi connectivity index (χ3v) is 8.93. The van der Waals surface area contributed by atoms with E-state index in [2.05, 4.69) is 65.0 Å². The predicted octanol–water partition coefficient (Wildman–Crippen LogP) is 8.24. The number of sulfone groups is 1. The van der Waals surface area contributed by atoms with E-state index in [-0.39, 0.29) is 21.0 Å². The summed E-state index contributed by atoms with van der Waals surface area (Å²) >= 11 is 0. The lowest BCUT2D eigenvalue weighted by Crippen LogP contribution is -2.30. The fourth-order valence-electron chi connectivity index (χ4n) is 5.31. The lowest BCUT2D eigenvalue weighted by atomic mass is 9.73. The third-order valence-electron chi connectivity index (χ3n) is 7.28. The van der Waals surface area contributed by atoms with Gasteiger partial charge in [0.25, 0.3) is 0 Å². The highest BCUT2D eigenvalue weighted by molar-refractivity contribution is 7.91. The smallest absolute Gasteiger partial charge is 0.222 e. The van der Waals surface area contributed by atoms with E-state index >= 15 is 0 Å². The summed E-state index contributed by atoms with van der Waals surface area (Å²) in [6.07, 6.45) is 0. The Morgan fingerprint density at radius 1 is 0.744 bits per heavy atom. The monoisotopic (exact) mass is 527 g/mol. The van der Waals surface area contributed by atoms with Gasteiger partial charge in [0.05, 0.1) is 28.5 Å². The quantitative estimate of drug-likeness (QED) is 0.221. The highest BCUT2D eigenvalue weighted by Crippen LogP contribution is 2.51. The van der Waals surface area contributed by atoms with Gasteiger partial charge in [-0.05, 0) is 59.7 Å². The number of hydrogen-bond donors (Lipinski definition) is 0. The first-order valence-electron chi connectivity index (χ1n) is 12.6. The summed E-state index contributed by atoms with van der Waals surface area (Å²) in [7, 11) is -3.89. The molecule has 0 radical (unpaired) electrons. The number of para-hydroxylation sites is 2. The van der Waals surface area contributed by atoms with Crippen LogP contribution in [0.5, 0.6) is 0 Å². The van der Waals surface area contributed by atoms with Crippen molar-refractivity contribution in [2.75, 3.05) is 4.90 Å². The molecule has 0 spiro atoms. The molecule has 0 fully saturated rings. The average molecular weight is 528 g/mol. The first kappa shape index (κ1) is 24.6. The van der Waals surface area contributed by atoms with E-state index in [0.717, 1.165) is 22.6 Å². The molecule has 4 aromatic carbocycles. The molecule has 5 aromatic rings. The second kappa shape index (κ2) is 9.23. The summed E-state index contributed by atoms with van der Waals surface area (Å²) < 4.78 is 26.7. The minimum Gasteiger partial charge on any atom is -0.310 e. The summed E-state index contributed by atoms with van der Waals surface area (Å²) in [5, 5.41) is -0.141. The molecule has 6 heteroatoms. The Morgan fingerprint density at radius 3 is 2.00 bits per heavy atom. The number of fused-ring (bicyclic) bond motifs is 2. The largest absolute Gasteiger partial charge is 0.310 e. The first-order valence-corrected chi connectivity index (χ1v) is 14.1. The van der Waals surface area contributed by atoms with Crippen molar-refractivity contribution in [2.24, 2.45) is 0 Å². The molecule has 0 aliphatic carbocycles. The van der Waals surface area contributed by atoms with Crippen LogP contribution in [-0.2, 0) is 15.3 Å². The SMILES string of the molecule is [C-]#[N+]c1cc(-c2cccc(N3c4ccccc4C(C)(C)c4ccccc43)c2)nc(S(=O)(=O)c2ccccc2)c1. The van der Waals surface area contributed by atoms with Crippen molar-refractivity contribution in [3.05, 3.63) is 138 Å². The van der Waals surface area contributed by atoms with Gasteiger partial charge in [0, 0.05) is 16.7 Å². The molecular weight excluding hydrogens is 502 g/mol. The molecule has 6 rings (SSSR count). The van der Waals surface area contributed by atoms with Crippen molar-refractivity contribution >= 4 is 32.6 Å². The zero-order valence-electron chi connectivity index (χ0n) is 21.5. The summed E-state index contributed by atoms with van der Waals surface area (Å²) in [5.74, 6) is 0. The Labute approximate surface area is 228 Å². The molecule has 2 heterocycles. The number of hydrogen-bond acceptors (Lipinski definition) is 4. The molecule has 5 nitrogen and oxygen atoms in total. The van der Waals surface area contributed by atoms with Gasteiger partial charge in [-0.25, -0.2) is 18.2 Å². The molecule has 0 bridgehead atoms. The fourth-order valence-corrected chi connectivity index (χ4v) is 6.56. The van der Waals surface area contributed by atoms with Gasteiger partial charge in [0.15, 0.2) is 5.69 Å². The molecule has 0 saturated carbocycles. The van der Waals surface area contributed by atoms with Crippen molar-refractivity contribution in [1.29, 1.82) is 0 Å². The van der Waals surface area contributed by atoms with Crippen LogP contribution in [0.15, 0.2) is 125 Å². The number of nitrogens with zero attached hydrogens (tertiary/aromatic N) is 3. The van der Waals surface area contributed by atoms with Crippen LogP contribution in [-0.4, -0.2) is 13.4 Å². The minimum atomic E-state index is -3.89. The van der Waals surface area contributed by atoms with Crippen molar-refractivity contribution < 1.29 is 8.42 Å². The van der Waals surface area contributed by atoms with Crippen LogP contribution >= 0.6 is 0 Å². The Kier molecular flexibility index (Phi) is 5.82. The second-order valence-electron chi connectivity index (χ2n) is 10.0. The van der Waals surface area contributed by atoms with Gasteiger partial charge in [-0.15, -0.1) is 0 Å². The normalized spacial score (nSPS) is 13.7. The van der Waals surface area contributed by atoms with Crippen molar-refractivity contribution in [3.63, 3.8) is 0 Å². The number of aromatic nitrogens is 1. The average Bonchev–Trinajstić information content (AvgIpc) is 2.98. The topological polar surface area (TPSA) is 54.6 Å². The molecule has 0 N–H and O–H groups in total. The molecule has 190 valence electrons. The molecule has 0 saturated heterocycles. The maximum atomic E-state index is 13.4. The van der Waals surface area contributed by atoms with Gasteiger partial charge in [-0.2, -0.15) is 0 Å². The van der Waals surface area contributed by atoms with E-state index in [1.165, 1.54) is 29.3 Å². The Hall–Kier alpha value is -4.73. The van der Waals surface area contributed by atoms with Crippen LogP contribution in [0.25, 0.3) is 16.1 Å². The van der Waals surface area contributed by atoms with E-state index < -0.39 is 9.84 Å². The fraction of sp³-hybridized carbons (Fsp3) is 0.0909. The standard InChI is InChI=1S/C33H25N3O2S/c1-33(2)27-16-7-9-18-30(27)36(31-19-10-8-17-28(31)33)25-13-11-12-23(20-25)29-21-24(34-3)22-32(35-29)39(37,38)26-14-5-4-6-15-26/h4-22H,1-2H3. The molecule has 0 unspecified atom stereocenters. The van der Waals surface area contributed by atoms with E-state index in [9.17, 15) is 8.42 Å². The van der Waals surface area contributed by atoms with Crippen LogP contribution in [0.1, 0.15) is 25.0 Å². The Balaban J connectivity index is 1.51. The van der Waals surface area contributed by atoms with Crippen molar-refractivity contribution in [2.45, 2.75) is 29.2 Å². The van der Waals surface area contributed by atoms with Gasteiger partial charge in [-0.3, -0.25) is 0 Å². The van der Waals surface area contributed by atoms with Gasteiger partial charge in [-0.1, -0.05) is 80.6 Å². The van der Waals surface area contributed by atoms with Gasteiger partial charge >= 0.3 is 0 Å². The van der Waals surface area contributed by atoms with E-state index in [0.29, 0.717) is 5.69 Å². The van der Waals surface area contributed by atoms with Gasteiger partial charge in [0.1, 0.15) is 5.03 Å². The van der Waals surface area contributed by atoms with Gasteiger partial charge < -0.3 is 4.90 Å². The first-order chi connectivity index (χ1) is 18.8. The van der Waals surface area contributed by atoms with Crippen molar-refractivity contribution in [3.8, 4) is 11.3 Å². The molecule has 1 aliphatic heterocycles. The number of pyridine rings is 1. The van der Waals surface area contributed by atoms with Crippen LogP contribution in [0, 0.1) is 6.57 Å². The van der Waals surface area contributed by atoms with Crippen LogP contribution < -0.4 is 4.90 Å². The van der Waals surface area contributed by atoms with Crippen molar-refractivity contribution in [1.82, 2.24) is 4.98 Å². The van der Waals surface area contributed by atoms with Crippen LogP contribution in [0.2, 0.25) is 0 Å². The maximum absolute atomic E-state index is 13.4. The summed E-state index contributed by atoms with van der Waals surface area (Å²) in [6.45, 7) is 12.1. The summed E-state index contributed by atoms with van der Waals surface area (Å²) in [4.78, 5) is 10.5. The van der Waals surface area contributed by atoms with E-state index in [1.807, 2.05) is 36.4 Å². The molecule has 1 aromatic heterocycles. The van der Waals surface area contributed by atoms with Crippen LogP contribution in [0.3, 0.4) is 0 Å². The summed E-state index contributed by atoms with van der Waals surface area (Å²) in [5.41, 5.74) is 6.74. The molecular formula is C33H25N3O2S. The number of rotatable bonds is 4. The second-order valence-corrected chi connectivity index (χ2v) is 11.9. The molecule has 0 amide bonds. The Morgan fingerprint density at radius 2 is 1.36 bits per heavy atom. The van der Waals surface area contributed by atoms with Gasteiger partial charge in [0.2, 0.25) is 9.84 Å². The predicted molar refractivity (Wildman–Crippen MR) is 155 cm³/mol. The lowest BCUT2D eigenvalue weighted by Gasteiger charge is -2.42. The zero-order valence-corrected chi connectivity index (χ0v) is 22.4. The zero-order chi connectivity index (χ0) is 27.2. The molecule has 0 atom stereocenters. The highest BCUT2D eigenvalue weighted by atomic mass is 32.2. The van der Waals surface area contributed by atoms with E-state index in [1.54, 1.807) is 24.3 Å². The third kappa shape index (κ3) is 4.08. The Bertz CT molecular complexity index is 1820. The number of anilines is 3. The van der Waals surface area contributed by atoms with E-state index in [4.69, 9.17) is 6.57 Å². The maximum Gasteiger partial charge on any atom is 0.222 e. The highest BCUT2D eigenvalue weighted by Gasteiger charge is 2.36.